The van der Waals surface area contributed by atoms with Crippen molar-refractivity contribution in [3.63, 3.8) is 0 Å². The van der Waals surface area contributed by atoms with Crippen molar-refractivity contribution in [2.24, 2.45) is 5.92 Å². The Bertz CT molecular complexity index is 836. The number of methoxy groups -OCH3 is 3. The summed E-state index contributed by atoms with van der Waals surface area (Å²) in [5.74, 6) is 1.44. The molecular weight excluding hydrogens is 366 g/mol. The number of nitrogens with zero attached hydrogens (tertiary/aromatic N) is 1. The molecule has 0 N–H and O–H groups in total. The van der Waals surface area contributed by atoms with Gasteiger partial charge in [0.05, 0.1) is 21.3 Å². The SMILES string of the molecule is CC[C@H](C)[C@@H](C(=O)OC)N1Cc2cc(OC)c(OC)cc2CC1c1ccccc1. The number of carbonyl (C=O) groups is 1. The van der Waals surface area contributed by atoms with E-state index in [4.69, 9.17) is 14.2 Å². The van der Waals surface area contributed by atoms with E-state index in [-0.39, 0.29) is 24.0 Å². The van der Waals surface area contributed by atoms with Crippen molar-refractivity contribution in [2.75, 3.05) is 21.3 Å². The second kappa shape index (κ2) is 9.31. The Morgan fingerprint density at radius 1 is 1.07 bits per heavy atom. The molecule has 2 aromatic carbocycles. The van der Waals surface area contributed by atoms with Gasteiger partial charge < -0.3 is 14.2 Å². The van der Waals surface area contributed by atoms with Crippen molar-refractivity contribution >= 4 is 5.97 Å². The number of rotatable bonds is 7. The molecule has 0 spiro atoms. The lowest BCUT2D eigenvalue weighted by Gasteiger charge is -2.43. The van der Waals surface area contributed by atoms with E-state index in [2.05, 4.69) is 36.9 Å². The number of hydrogen-bond donors (Lipinski definition) is 0. The number of hydrogen-bond acceptors (Lipinski definition) is 5. The maximum Gasteiger partial charge on any atom is 0.323 e. The topological polar surface area (TPSA) is 48.0 Å². The van der Waals surface area contributed by atoms with Crippen LogP contribution in [0.15, 0.2) is 42.5 Å². The van der Waals surface area contributed by atoms with Crippen LogP contribution < -0.4 is 9.47 Å². The van der Waals surface area contributed by atoms with Crippen molar-refractivity contribution in [1.82, 2.24) is 4.90 Å². The van der Waals surface area contributed by atoms with Crippen LogP contribution in [-0.2, 0) is 22.5 Å². The molecule has 156 valence electrons. The highest BCUT2D eigenvalue weighted by molar-refractivity contribution is 5.76. The van der Waals surface area contributed by atoms with E-state index >= 15 is 0 Å². The van der Waals surface area contributed by atoms with Gasteiger partial charge in [0.1, 0.15) is 6.04 Å². The normalized spacial score (nSPS) is 18.4. The summed E-state index contributed by atoms with van der Waals surface area (Å²) in [5, 5.41) is 0. The van der Waals surface area contributed by atoms with E-state index in [1.54, 1.807) is 14.2 Å². The van der Waals surface area contributed by atoms with Gasteiger partial charge in [-0.15, -0.1) is 0 Å². The number of ether oxygens (including phenoxy) is 3. The Morgan fingerprint density at radius 3 is 2.24 bits per heavy atom. The first-order valence-electron chi connectivity index (χ1n) is 10.2. The average Bonchev–Trinajstić information content (AvgIpc) is 2.77. The van der Waals surface area contributed by atoms with Crippen LogP contribution in [0.25, 0.3) is 0 Å². The van der Waals surface area contributed by atoms with Crippen LogP contribution in [-0.4, -0.2) is 38.2 Å². The van der Waals surface area contributed by atoms with Gasteiger partial charge in [0, 0.05) is 12.6 Å². The molecule has 0 bridgehead atoms. The fourth-order valence-corrected chi connectivity index (χ4v) is 4.25. The Morgan fingerprint density at radius 2 is 1.69 bits per heavy atom. The predicted molar refractivity (Wildman–Crippen MR) is 113 cm³/mol. The number of esters is 1. The molecular formula is C24H31NO4. The highest BCUT2D eigenvalue weighted by Crippen LogP contribution is 2.41. The number of carbonyl (C=O) groups excluding carboxylic acids is 1. The van der Waals surface area contributed by atoms with Crippen LogP contribution >= 0.6 is 0 Å². The molecule has 3 atom stereocenters. The van der Waals surface area contributed by atoms with Crippen molar-refractivity contribution in [3.8, 4) is 11.5 Å². The summed E-state index contributed by atoms with van der Waals surface area (Å²) in [5.41, 5.74) is 3.58. The van der Waals surface area contributed by atoms with Crippen molar-refractivity contribution in [1.29, 1.82) is 0 Å². The van der Waals surface area contributed by atoms with E-state index in [1.807, 2.05) is 24.3 Å². The Kier molecular flexibility index (Phi) is 6.80. The van der Waals surface area contributed by atoms with E-state index in [9.17, 15) is 4.79 Å². The molecule has 5 nitrogen and oxygen atoms in total. The molecule has 0 aliphatic carbocycles. The van der Waals surface area contributed by atoms with Gasteiger partial charge in [-0.25, -0.2) is 0 Å². The fourth-order valence-electron chi connectivity index (χ4n) is 4.25. The molecule has 3 rings (SSSR count). The lowest BCUT2D eigenvalue weighted by atomic mass is 9.85. The van der Waals surface area contributed by atoms with Crippen LogP contribution in [0.2, 0.25) is 0 Å². The van der Waals surface area contributed by atoms with Crippen LogP contribution in [0.1, 0.15) is 43.0 Å². The fraction of sp³-hybridized carbons (Fsp3) is 0.458. The Hall–Kier alpha value is -2.53. The average molecular weight is 398 g/mol. The summed E-state index contributed by atoms with van der Waals surface area (Å²) in [6.45, 7) is 4.89. The highest BCUT2D eigenvalue weighted by Gasteiger charge is 2.39. The molecule has 1 aliphatic heterocycles. The molecule has 5 heteroatoms. The first kappa shape index (κ1) is 21.2. The van der Waals surface area contributed by atoms with Crippen molar-refractivity contribution in [3.05, 3.63) is 59.2 Å². The van der Waals surface area contributed by atoms with E-state index in [1.165, 1.54) is 18.2 Å². The van der Waals surface area contributed by atoms with Crippen LogP contribution in [0.4, 0.5) is 0 Å². The van der Waals surface area contributed by atoms with Gasteiger partial charge in [-0.05, 0) is 41.2 Å². The molecule has 1 aliphatic rings. The Labute approximate surface area is 173 Å². The molecule has 0 amide bonds. The third-order valence-electron chi connectivity index (χ3n) is 6.04. The Balaban J connectivity index is 2.10. The quantitative estimate of drug-likeness (QED) is 0.649. The van der Waals surface area contributed by atoms with E-state index in [0.29, 0.717) is 12.3 Å². The molecule has 2 aromatic rings. The van der Waals surface area contributed by atoms with Crippen LogP contribution in [0.5, 0.6) is 11.5 Å². The molecule has 1 heterocycles. The molecule has 0 aromatic heterocycles. The summed E-state index contributed by atoms with van der Waals surface area (Å²) in [6, 6.07) is 14.3. The molecule has 0 radical (unpaired) electrons. The highest BCUT2D eigenvalue weighted by atomic mass is 16.5. The first-order chi connectivity index (χ1) is 14.0. The lowest BCUT2D eigenvalue weighted by Crippen LogP contribution is -2.49. The van der Waals surface area contributed by atoms with Gasteiger partial charge in [-0.3, -0.25) is 9.69 Å². The summed E-state index contributed by atoms with van der Waals surface area (Å²) >= 11 is 0. The largest absolute Gasteiger partial charge is 0.493 e. The maximum atomic E-state index is 12.8. The van der Waals surface area contributed by atoms with Gasteiger partial charge in [0.15, 0.2) is 11.5 Å². The number of benzene rings is 2. The zero-order valence-electron chi connectivity index (χ0n) is 18.0. The summed E-state index contributed by atoms with van der Waals surface area (Å²) in [4.78, 5) is 15.1. The lowest BCUT2D eigenvalue weighted by molar-refractivity contribution is -0.151. The molecule has 0 saturated heterocycles. The van der Waals surface area contributed by atoms with E-state index in [0.717, 1.165) is 24.2 Å². The minimum atomic E-state index is -0.309. The smallest absolute Gasteiger partial charge is 0.323 e. The van der Waals surface area contributed by atoms with Gasteiger partial charge >= 0.3 is 5.97 Å². The summed E-state index contributed by atoms with van der Waals surface area (Å²) in [7, 11) is 4.78. The summed E-state index contributed by atoms with van der Waals surface area (Å²) < 4.78 is 16.2. The molecule has 0 saturated carbocycles. The van der Waals surface area contributed by atoms with Crippen molar-refractivity contribution < 1.29 is 19.0 Å². The zero-order chi connectivity index (χ0) is 21.0. The predicted octanol–water partition coefficient (Wildman–Crippen LogP) is 4.39. The standard InChI is InChI=1S/C24H31NO4/c1-6-16(2)23(24(26)29-5)25-15-19-14-22(28-4)21(27-3)13-18(19)12-20(25)17-10-8-7-9-11-17/h7-11,13-14,16,20,23H,6,12,15H2,1-5H3/t16-,20?,23-/m0/s1. The minimum Gasteiger partial charge on any atom is -0.493 e. The molecule has 0 fully saturated rings. The van der Waals surface area contributed by atoms with Gasteiger partial charge in [0.2, 0.25) is 0 Å². The van der Waals surface area contributed by atoms with Gasteiger partial charge in [-0.1, -0.05) is 50.6 Å². The third kappa shape index (κ3) is 4.25. The monoisotopic (exact) mass is 397 g/mol. The van der Waals surface area contributed by atoms with Crippen LogP contribution in [0, 0.1) is 5.92 Å². The zero-order valence-corrected chi connectivity index (χ0v) is 18.0. The second-order valence-electron chi connectivity index (χ2n) is 7.63. The van der Waals surface area contributed by atoms with Gasteiger partial charge in [-0.2, -0.15) is 0 Å². The maximum absolute atomic E-state index is 12.8. The second-order valence-corrected chi connectivity index (χ2v) is 7.63. The van der Waals surface area contributed by atoms with Gasteiger partial charge in [0.25, 0.3) is 0 Å². The van der Waals surface area contributed by atoms with Crippen molar-refractivity contribution in [2.45, 2.75) is 45.3 Å². The minimum absolute atomic E-state index is 0.0832. The van der Waals surface area contributed by atoms with E-state index < -0.39 is 0 Å². The van der Waals surface area contributed by atoms with Crippen LogP contribution in [0.3, 0.4) is 0 Å². The molecule has 29 heavy (non-hydrogen) atoms. The number of fused-ring (bicyclic) bond motifs is 1. The summed E-state index contributed by atoms with van der Waals surface area (Å²) in [6.07, 6.45) is 1.69. The molecule has 1 unspecified atom stereocenters. The third-order valence-corrected chi connectivity index (χ3v) is 6.04. The first-order valence-corrected chi connectivity index (χ1v) is 10.2.